The van der Waals surface area contributed by atoms with E-state index < -0.39 is 0 Å². The van der Waals surface area contributed by atoms with E-state index in [9.17, 15) is 0 Å². The van der Waals surface area contributed by atoms with Crippen LogP contribution >= 0.6 is 0 Å². The molecule has 0 saturated carbocycles. The number of hydrogen-bond donors (Lipinski definition) is 1. The van der Waals surface area contributed by atoms with Crippen molar-refractivity contribution in [1.82, 2.24) is 5.01 Å². The van der Waals surface area contributed by atoms with Gasteiger partial charge < -0.3 is 0 Å². The summed E-state index contributed by atoms with van der Waals surface area (Å²) < 4.78 is 0. The van der Waals surface area contributed by atoms with Gasteiger partial charge in [0.2, 0.25) is 0 Å². The summed E-state index contributed by atoms with van der Waals surface area (Å²) in [5.74, 6) is 6.25. The Labute approximate surface area is 268 Å². The highest BCUT2D eigenvalue weighted by molar-refractivity contribution is 4.55. The van der Waals surface area contributed by atoms with Crippen LogP contribution in [0.5, 0.6) is 0 Å². The van der Waals surface area contributed by atoms with Crippen molar-refractivity contribution in [2.45, 2.75) is 245 Å². The highest BCUT2D eigenvalue weighted by Gasteiger charge is 2.00. The number of hydrogen-bond acceptors (Lipinski definition) is 2. The van der Waals surface area contributed by atoms with Crippen LogP contribution in [0.3, 0.4) is 0 Å². The number of unbranched alkanes of at least 4 members (excludes halogenated alkanes) is 34. The Bertz CT molecular complexity index is 451. The van der Waals surface area contributed by atoms with Crippen LogP contribution in [-0.2, 0) is 0 Å². The zero-order valence-electron chi connectivity index (χ0n) is 29.9. The van der Waals surface area contributed by atoms with E-state index in [0.717, 1.165) is 13.1 Å². The zero-order valence-corrected chi connectivity index (χ0v) is 29.9. The third-order valence-electron chi connectivity index (χ3n) is 9.60. The molecule has 0 rings (SSSR count). The molecule has 0 saturated heterocycles. The average molecular weight is 593 g/mol. The smallest absolute Gasteiger partial charge is 0.0128 e. The Morgan fingerprint density at radius 2 is 0.381 bits per heavy atom. The van der Waals surface area contributed by atoms with E-state index in [1.54, 1.807) is 0 Å². The molecule has 0 aliphatic rings. The van der Waals surface area contributed by atoms with E-state index in [1.807, 2.05) is 0 Å². The molecule has 0 bridgehead atoms. The minimum absolute atomic E-state index is 1.09. The Morgan fingerprint density at radius 3 is 0.548 bits per heavy atom. The normalized spacial score (nSPS) is 11.7. The average Bonchev–Trinajstić information content (AvgIpc) is 3.00. The molecule has 0 heterocycles. The van der Waals surface area contributed by atoms with Gasteiger partial charge in [0.1, 0.15) is 0 Å². The van der Waals surface area contributed by atoms with Crippen LogP contribution in [0.2, 0.25) is 0 Å². The third-order valence-corrected chi connectivity index (χ3v) is 9.60. The summed E-state index contributed by atoms with van der Waals surface area (Å²) in [6.45, 7) is 6.80. The monoisotopic (exact) mass is 593 g/mol. The molecule has 0 aromatic carbocycles. The first-order chi connectivity index (χ1) is 20.8. The van der Waals surface area contributed by atoms with E-state index in [-0.39, 0.29) is 0 Å². The van der Waals surface area contributed by atoms with Gasteiger partial charge in [-0.15, -0.1) is 0 Å². The Kier molecular flexibility index (Phi) is 38.9. The highest BCUT2D eigenvalue weighted by Crippen LogP contribution is 2.16. The van der Waals surface area contributed by atoms with E-state index in [4.69, 9.17) is 5.84 Å². The number of hydrazine groups is 1. The summed E-state index contributed by atoms with van der Waals surface area (Å²) in [5, 5.41) is 2.10. The molecule has 0 fully saturated rings. The number of nitrogens with zero attached hydrogens (tertiary/aromatic N) is 1. The van der Waals surface area contributed by atoms with E-state index in [2.05, 4.69) is 18.9 Å². The molecule has 2 nitrogen and oxygen atoms in total. The van der Waals surface area contributed by atoms with Gasteiger partial charge in [0.15, 0.2) is 0 Å². The number of rotatable bonds is 38. The van der Waals surface area contributed by atoms with Gasteiger partial charge in [-0.25, -0.2) is 5.01 Å². The van der Waals surface area contributed by atoms with Gasteiger partial charge in [-0.3, -0.25) is 5.84 Å². The van der Waals surface area contributed by atoms with E-state index >= 15 is 0 Å². The van der Waals surface area contributed by atoms with Gasteiger partial charge in [0.05, 0.1) is 0 Å². The van der Waals surface area contributed by atoms with Gasteiger partial charge in [-0.05, 0) is 12.8 Å². The molecule has 0 aliphatic heterocycles. The SMILES string of the molecule is CCCCCCCCCCCCCCCCCCCCCCN(N)CCCCCCCCCCCCCCCCCC. The number of nitrogens with two attached hydrogens (primary N) is 1. The highest BCUT2D eigenvalue weighted by atomic mass is 15.4. The topological polar surface area (TPSA) is 29.3 Å². The predicted molar refractivity (Wildman–Crippen MR) is 193 cm³/mol. The fourth-order valence-electron chi connectivity index (χ4n) is 6.54. The molecular formula is C40H84N2. The van der Waals surface area contributed by atoms with Gasteiger partial charge in [0.25, 0.3) is 0 Å². The van der Waals surface area contributed by atoms with Crippen molar-refractivity contribution in [3.8, 4) is 0 Å². The lowest BCUT2D eigenvalue weighted by Crippen LogP contribution is -2.32. The van der Waals surface area contributed by atoms with Crippen molar-refractivity contribution in [3.63, 3.8) is 0 Å². The summed E-state index contributed by atoms with van der Waals surface area (Å²) >= 11 is 0. The molecule has 254 valence electrons. The second-order valence-electron chi connectivity index (χ2n) is 14.1. The quantitative estimate of drug-likeness (QED) is 0.0439. The van der Waals surface area contributed by atoms with Gasteiger partial charge >= 0.3 is 0 Å². The van der Waals surface area contributed by atoms with Gasteiger partial charge in [-0.1, -0.05) is 232 Å². The maximum absolute atomic E-state index is 6.25. The maximum atomic E-state index is 6.25. The molecule has 0 spiro atoms. The molecule has 0 aliphatic carbocycles. The van der Waals surface area contributed by atoms with Crippen LogP contribution in [-0.4, -0.2) is 18.1 Å². The first-order valence-corrected chi connectivity index (χ1v) is 20.3. The fourth-order valence-corrected chi connectivity index (χ4v) is 6.54. The predicted octanol–water partition coefficient (Wildman–Crippen LogP) is 14.2. The van der Waals surface area contributed by atoms with Crippen LogP contribution in [0, 0.1) is 0 Å². The molecular weight excluding hydrogens is 508 g/mol. The largest absolute Gasteiger partial charge is 0.269 e. The van der Waals surface area contributed by atoms with Crippen molar-refractivity contribution >= 4 is 0 Å². The molecule has 0 aromatic heterocycles. The summed E-state index contributed by atoms with van der Waals surface area (Å²) in [4.78, 5) is 0. The summed E-state index contributed by atoms with van der Waals surface area (Å²) in [6, 6.07) is 0. The second-order valence-corrected chi connectivity index (χ2v) is 14.1. The minimum Gasteiger partial charge on any atom is -0.269 e. The molecule has 2 N–H and O–H groups in total. The van der Waals surface area contributed by atoms with E-state index in [0.29, 0.717) is 0 Å². The minimum atomic E-state index is 1.09. The third kappa shape index (κ3) is 37.9. The molecule has 42 heavy (non-hydrogen) atoms. The Hall–Kier alpha value is -0.0800. The van der Waals surface area contributed by atoms with Crippen LogP contribution in [0.1, 0.15) is 245 Å². The molecule has 0 amide bonds. The Morgan fingerprint density at radius 1 is 0.238 bits per heavy atom. The summed E-state index contributed by atoms with van der Waals surface area (Å²) in [5.41, 5.74) is 0. The van der Waals surface area contributed by atoms with Crippen molar-refractivity contribution in [2.75, 3.05) is 13.1 Å². The first kappa shape index (κ1) is 41.9. The standard InChI is InChI=1S/C40H84N2/c1-3-5-7-9-11-13-15-17-19-21-22-23-24-26-28-30-32-34-36-38-40-42(41)39-37-35-33-31-29-27-25-20-18-16-14-12-10-8-6-4-2/h3-41H2,1-2H3. The summed E-state index contributed by atoms with van der Waals surface area (Å²) in [6.07, 6.45) is 51.9. The zero-order chi connectivity index (χ0) is 30.4. The molecule has 0 radical (unpaired) electrons. The van der Waals surface area contributed by atoms with Crippen molar-refractivity contribution in [3.05, 3.63) is 0 Å². The van der Waals surface area contributed by atoms with Crippen LogP contribution in [0.4, 0.5) is 0 Å². The second kappa shape index (κ2) is 38.9. The van der Waals surface area contributed by atoms with Gasteiger partial charge in [0, 0.05) is 13.1 Å². The molecule has 0 atom stereocenters. The van der Waals surface area contributed by atoms with Crippen molar-refractivity contribution in [1.29, 1.82) is 0 Å². The summed E-state index contributed by atoms with van der Waals surface area (Å²) in [7, 11) is 0. The lowest BCUT2D eigenvalue weighted by Gasteiger charge is -2.16. The molecule has 0 aromatic rings. The van der Waals surface area contributed by atoms with Crippen LogP contribution in [0.15, 0.2) is 0 Å². The van der Waals surface area contributed by atoms with Crippen LogP contribution in [0.25, 0.3) is 0 Å². The van der Waals surface area contributed by atoms with Crippen LogP contribution < -0.4 is 5.84 Å². The van der Waals surface area contributed by atoms with Crippen molar-refractivity contribution < 1.29 is 0 Å². The maximum Gasteiger partial charge on any atom is 0.0128 e. The lowest BCUT2D eigenvalue weighted by atomic mass is 10.0. The molecule has 2 heteroatoms. The van der Waals surface area contributed by atoms with Gasteiger partial charge in [-0.2, -0.15) is 0 Å². The Balaban J connectivity index is 3.13. The lowest BCUT2D eigenvalue weighted by molar-refractivity contribution is 0.268. The van der Waals surface area contributed by atoms with E-state index in [1.165, 1.54) is 231 Å². The van der Waals surface area contributed by atoms with Crippen molar-refractivity contribution in [2.24, 2.45) is 5.84 Å². The first-order valence-electron chi connectivity index (χ1n) is 20.3. The fraction of sp³-hybridized carbons (Fsp3) is 1.00. The molecule has 0 unspecified atom stereocenters.